The van der Waals surface area contributed by atoms with Gasteiger partial charge in [-0.05, 0) is 22.3 Å². The Balaban J connectivity index is 1.51. The van der Waals surface area contributed by atoms with Gasteiger partial charge in [-0.25, -0.2) is 26.9 Å². The van der Waals surface area contributed by atoms with Gasteiger partial charge in [-0.2, -0.15) is 0 Å². The van der Waals surface area contributed by atoms with Gasteiger partial charge in [0, 0.05) is 11.8 Å². The van der Waals surface area contributed by atoms with Crippen LogP contribution in [0.25, 0.3) is 5.57 Å². The number of imide groups is 1. The molecule has 6 rings (SSSR count). The van der Waals surface area contributed by atoms with Gasteiger partial charge in [-0.1, -0.05) is 72.8 Å². The first-order valence-corrected chi connectivity index (χ1v) is 11.3. The number of allylic oxidation sites excluding steroid dienone is 3. The van der Waals surface area contributed by atoms with Gasteiger partial charge in [0.15, 0.2) is 23.3 Å². The SMILES string of the molecule is O=C1C2C3C=CC(C3=C(c3ccccc3)c3ccccc3)C2C(=O)N1c1c(F)c(F)c(F)c(F)c1F. The standard InChI is InChI=1S/C28H16F5NO2/c29-21-22(30)24(32)26(25(33)23(21)31)34-27(35)19-15-11-12-16(20(19)28(34)36)18(15)17(13-7-3-1-4-8-13)14-9-5-2-6-10-14/h1-12,15-16,19-20H. The summed E-state index contributed by atoms with van der Waals surface area (Å²) in [6.45, 7) is 0. The van der Waals surface area contributed by atoms with Crippen molar-refractivity contribution in [2.24, 2.45) is 23.7 Å². The van der Waals surface area contributed by atoms with Crippen LogP contribution in [0.4, 0.5) is 27.6 Å². The van der Waals surface area contributed by atoms with E-state index in [1.54, 1.807) is 12.2 Å². The van der Waals surface area contributed by atoms with Crippen LogP contribution < -0.4 is 4.90 Å². The van der Waals surface area contributed by atoms with Crippen LogP contribution in [-0.2, 0) is 9.59 Å². The number of fused-ring (bicyclic) bond motifs is 5. The van der Waals surface area contributed by atoms with Crippen molar-refractivity contribution in [2.45, 2.75) is 0 Å². The van der Waals surface area contributed by atoms with Crippen LogP contribution in [0.3, 0.4) is 0 Å². The molecule has 2 aliphatic carbocycles. The van der Waals surface area contributed by atoms with Crippen LogP contribution in [-0.4, -0.2) is 11.8 Å². The van der Waals surface area contributed by atoms with Gasteiger partial charge < -0.3 is 0 Å². The highest BCUT2D eigenvalue weighted by atomic mass is 19.2. The number of hydrogen-bond donors (Lipinski definition) is 0. The van der Waals surface area contributed by atoms with Gasteiger partial charge in [-0.15, -0.1) is 0 Å². The van der Waals surface area contributed by atoms with Crippen molar-refractivity contribution in [3.05, 3.63) is 119 Å². The van der Waals surface area contributed by atoms with E-state index >= 15 is 0 Å². The average Bonchev–Trinajstić information content (AvgIpc) is 3.53. The fraction of sp³-hybridized carbons (Fsp3) is 0.143. The van der Waals surface area contributed by atoms with E-state index in [1.165, 1.54) is 0 Å². The lowest BCUT2D eigenvalue weighted by Gasteiger charge is -2.22. The van der Waals surface area contributed by atoms with E-state index in [2.05, 4.69) is 0 Å². The molecule has 3 nitrogen and oxygen atoms in total. The van der Waals surface area contributed by atoms with Crippen molar-refractivity contribution < 1.29 is 31.5 Å². The summed E-state index contributed by atoms with van der Waals surface area (Å²) in [5.74, 6) is -16.3. The predicted molar refractivity (Wildman–Crippen MR) is 121 cm³/mol. The maximum atomic E-state index is 14.5. The Morgan fingerprint density at radius 3 is 1.39 bits per heavy atom. The maximum Gasteiger partial charge on any atom is 0.238 e. The Bertz CT molecular complexity index is 1390. The van der Waals surface area contributed by atoms with E-state index in [1.807, 2.05) is 60.7 Å². The summed E-state index contributed by atoms with van der Waals surface area (Å²) in [7, 11) is 0. The Labute approximate surface area is 202 Å². The zero-order chi connectivity index (χ0) is 25.3. The number of nitrogens with zero attached hydrogens (tertiary/aromatic N) is 1. The van der Waals surface area contributed by atoms with Crippen LogP contribution in [0.2, 0.25) is 0 Å². The summed E-state index contributed by atoms with van der Waals surface area (Å²) in [6.07, 6.45) is 3.56. The quantitative estimate of drug-likeness (QED) is 0.152. The molecule has 1 aliphatic heterocycles. The van der Waals surface area contributed by atoms with Gasteiger partial charge in [-0.3, -0.25) is 9.59 Å². The van der Waals surface area contributed by atoms with E-state index in [4.69, 9.17) is 0 Å². The largest absolute Gasteiger partial charge is 0.274 e. The molecule has 180 valence electrons. The smallest absolute Gasteiger partial charge is 0.238 e. The molecular formula is C28H16F5NO2. The molecule has 8 heteroatoms. The number of rotatable bonds is 3. The third-order valence-electron chi connectivity index (χ3n) is 7.24. The highest BCUT2D eigenvalue weighted by Gasteiger charge is 2.63. The number of carbonyl (C=O) groups excluding carboxylic acids is 2. The summed E-state index contributed by atoms with van der Waals surface area (Å²) in [6, 6.07) is 18.8. The third-order valence-corrected chi connectivity index (χ3v) is 7.24. The fourth-order valence-corrected chi connectivity index (χ4v) is 5.82. The molecule has 36 heavy (non-hydrogen) atoms. The van der Waals surface area contributed by atoms with E-state index in [-0.39, 0.29) is 4.90 Å². The lowest BCUT2D eigenvalue weighted by Crippen LogP contribution is -2.35. The van der Waals surface area contributed by atoms with E-state index in [0.717, 1.165) is 22.3 Å². The van der Waals surface area contributed by atoms with Gasteiger partial charge in [0.25, 0.3) is 0 Å². The van der Waals surface area contributed by atoms with E-state index in [0.29, 0.717) is 0 Å². The monoisotopic (exact) mass is 493 g/mol. The number of halogens is 5. The highest BCUT2D eigenvalue weighted by molar-refractivity contribution is 6.23. The van der Waals surface area contributed by atoms with Gasteiger partial charge >= 0.3 is 0 Å². The topological polar surface area (TPSA) is 37.4 Å². The molecule has 0 radical (unpaired) electrons. The van der Waals surface area contributed by atoms with Crippen molar-refractivity contribution in [2.75, 3.05) is 4.90 Å². The van der Waals surface area contributed by atoms with Crippen molar-refractivity contribution >= 4 is 23.1 Å². The normalized spacial score (nSPS) is 24.1. The summed E-state index contributed by atoms with van der Waals surface area (Å²) in [5, 5.41) is 0. The molecule has 1 heterocycles. The minimum absolute atomic E-state index is 0.139. The molecule has 3 aliphatic rings. The Morgan fingerprint density at radius 1 is 0.583 bits per heavy atom. The van der Waals surface area contributed by atoms with Crippen molar-refractivity contribution in [3.63, 3.8) is 0 Å². The first-order valence-electron chi connectivity index (χ1n) is 11.3. The molecule has 1 saturated heterocycles. The highest BCUT2D eigenvalue weighted by Crippen LogP contribution is 2.59. The predicted octanol–water partition coefficient (Wildman–Crippen LogP) is 5.81. The molecule has 0 N–H and O–H groups in total. The molecule has 0 spiro atoms. The minimum Gasteiger partial charge on any atom is -0.274 e. The first-order chi connectivity index (χ1) is 17.3. The van der Waals surface area contributed by atoms with E-state index in [9.17, 15) is 31.5 Å². The summed E-state index contributed by atoms with van der Waals surface area (Å²) in [5.41, 5.74) is 1.88. The van der Waals surface area contributed by atoms with Crippen LogP contribution in [0, 0.1) is 52.8 Å². The van der Waals surface area contributed by atoms with Crippen molar-refractivity contribution in [1.29, 1.82) is 0 Å². The summed E-state index contributed by atoms with van der Waals surface area (Å²) in [4.78, 5) is 27.0. The van der Waals surface area contributed by atoms with Crippen LogP contribution >= 0.6 is 0 Å². The molecule has 2 fully saturated rings. The summed E-state index contributed by atoms with van der Waals surface area (Å²) >= 11 is 0. The molecule has 2 amide bonds. The van der Waals surface area contributed by atoms with Crippen LogP contribution in [0.5, 0.6) is 0 Å². The molecule has 3 aromatic rings. The first kappa shape index (κ1) is 22.4. The number of hydrogen-bond acceptors (Lipinski definition) is 2. The van der Waals surface area contributed by atoms with Gasteiger partial charge in [0.1, 0.15) is 5.69 Å². The molecule has 2 bridgehead atoms. The molecule has 4 unspecified atom stereocenters. The van der Waals surface area contributed by atoms with Crippen LogP contribution in [0.1, 0.15) is 11.1 Å². The Kier molecular flexibility index (Phi) is 4.96. The lowest BCUT2D eigenvalue weighted by molar-refractivity contribution is -0.123. The minimum atomic E-state index is -2.35. The number of amides is 2. The van der Waals surface area contributed by atoms with Crippen LogP contribution in [0.15, 0.2) is 78.4 Å². The molecule has 0 aromatic heterocycles. The molecule has 1 saturated carbocycles. The molecular weight excluding hydrogens is 477 g/mol. The second-order valence-corrected chi connectivity index (χ2v) is 8.98. The Hall–Kier alpha value is -4.07. The van der Waals surface area contributed by atoms with Gasteiger partial charge in [0.2, 0.25) is 17.6 Å². The zero-order valence-electron chi connectivity index (χ0n) is 18.4. The number of carbonyl (C=O) groups is 2. The second-order valence-electron chi connectivity index (χ2n) is 8.98. The molecule has 4 atom stereocenters. The Morgan fingerprint density at radius 2 is 0.972 bits per heavy atom. The second kappa shape index (κ2) is 7.98. The lowest BCUT2D eigenvalue weighted by atomic mass is 9.85. The molecule has 3 aromatic carbocycles. The average molecular weight is 493 g/mol. The third kappa shape index (κ3) is 2.90. The van der Waals surface area contributed by atoms with E-state index < -0.39 is 70.3 Å². The summed E-state index contributed by atoms with van der Waals surface area (Å²) < 4.78 is 70.4. The fourth-order valence-electron chi connectivity index (χ4n) is 5.82. The number of benzene rings is 3. The zero-order valence-corrected chi connectivity index (χ0v) is 18.4. The number of anilines is 1. The van der Waals surface area contributed by atoms with Crippen molar-refractivity contribution in [3.8, 4) is 0 Å². The van der Waals surface area contributed by atoms with Crippen molar-refractivity contribution in [1.82, 2.24) is 0 Å². The maximum absolute atomic E-state index is 14.5. The van der Waals surface area contributed by atoms with Gasteiger partial charge in [0.05, 0.1) is 11.8 Å².